The number of benzene rings is 1. The number of aryl methyl sites for hydroxylation is 1. The van der Waals surface area contributed by atoms with Gasteiger partial charge in [-0.2, -0.15) is 0 Å². The van der Waals surface area contributed by atoms with Crippen LogP contribution in [0, 0.1) is 6.92 Å². The minimum absolute atomic E-state index is 0.0221. The largest absolute Gasteiger partial charge is 0.382 e. The van der Waals surface area contributed by atoms with E-state index >= 15 is 0 Å². The van der Waals surface area contributed by atoms with Crippen molar-refractivity contribution in [1.82, 2.24) is 0 Å². The van der Waals surface area contributed by atoms with Crippen LogP contribution in [0.1, 0.15) is 38.2 Å². The van der Waals surface area contributed by atoms with Crippen LogP contribution >= 0.6 is 0 Å². The highest BCUT2D eigenvalue weighted by Crippen LogP contribution is 2.25. The summed E-state index contributed by atoms with van der Waals surface area (Å²) >= 11 is 0. The van der Waals surface area contributed by atoms with Crippen LogP contribution in [-0.4, -0.2) is 11.9 Å². The molecule has 0 spiro atoms. The lowest BCUT2D eigenvalue weighted by molar-refractivity contribution is -0.114. The normalized spacial score (nSPS) is 15.9. The van der Waals surface area contributed by atoms with Gasteiger partial charge in [-0.3, -0.25) is 4.79 Å². The van der Waals surface area contributed by atoms with Gasteiger partial charge in [-0.25, -0.2) is 0 Å². The predicted octanol–water partition coefficient (Wildman–Crippen LogP) is 3.31. The van der Waals surface area contributed by atoms with Gasteiger partial charge in [0.05, 0.1) is 0 Å². The van der Waals surface area contributed by atoms with Crippen molar-refractivity contribution < 1.29 is 4.79 Å². The Balaban J connectivity index is 2.09. The molecule has 0 radical (unpaired) electrons. The van der Waals surface area contributed by atoms with Gasteiger partial charge in [0.2, 0.25) is 5.91 Å². The van der Waals surface area contributed by atoms with Crippen LogP contribution in [0.5, 0.6) is 0 Å². The summed E-state index contributed by atoms with van der Waals surface area (Å²) in [6, 6.07) is 6.75. The van der Waals surface area contributed by atoms with Crippen LogP contribution in [-0.2, 0) is 4.79 Å². The number of anilines is 2. The fourth-order valence-electron chi connectivity index (χ4n) is 2.34. The van der Waals surface area contributed by atoms with E-state index < -0.39 is 0 Å². The molecule has 3 nitrogen and oxygen atoms in total. The molecule has 1 saturated carbocycles. The Labute approximate surface area is 103 Å². The summed E-state index contributed by atoms with van der Waals surface area (Å²) in [5, 5.41) is 6.39. The molecular formula is C14H20N2O. The molecule has 1 aliphatic rings. The zero-order valence-electron chi connectivity index (χ0n) is 10.5. The van der Waals surface area contributed by atoms with Gasteiger partial charge in [0.15, 0.2) is 0 Å². The van der Waals surface area contributed by atoms with Gasteiger partial charge >= 0.3 is 0 Å². The van der Waals surface area contributed by atoms with Gasteiger partial charge in [0, 0.05) is 24.3 Å². The molecule has 0 atom stereocenters. The lowest BCUT2D eigenvalue weighted by Gasteiger charge is -2.15. The van der Waals surface area contributed by atoms with E-state index in [4.69, 9.17) is 0 Å². The van der Waals surface area contributed by atoms with Crippen molar-refractivity contribution in [3.05, 3.63) is 23.8 Å². The number of amides is 1. The van der Waals surface area contributed by atoms with Gasteiger partial charge in [-0.1, -0.05) is 18.9 Å². The van der Waals surface area contributed by atoms with E-state index in [1.54, 1.807) is 0 Å². The molecule has 3 heteroatoms. The second-order valence-electron chi connectivity index (χ2n) is 4.84. The third-order valence-corrected chi connectivity index (χ3v) is 3.27. The highest BCUT2D eigenvalue weighted by atomic mass is 16.1. The van der Waals surface area contributed by atoms with E-state index in [9.17, 15) is 4.79 Å². The molecule has 1 amide bonds. The molecule has 1 aromatic rings. The fourth-order valence-corrected chi connectivity index (χ4v) is 2.34. The van der Waals surface area contributed by atoms with Crippen molar-refractivity contribution in [2.75, 3.05) is 10.6 Å². The lowest BCUT2D eigenvalue weighted by atomic mass is 10.1. The quantitative estimate of drug-likeness (QED) is 0.839. The van der Waals surface area contributed by atoms with Gasteiger partial charge in [0.1, 0.15) is 0 Å². The summed E-state index contributed by atoms with van der Waals surface area (Å²) in [6.07, 6.45) is 5.15. The monoisotopic (exact) mass is 232 g/mol. The van der Waals surface area contributed by atoms with E-state index in [1.807, 2.05) is 19.1 Å². The topological polar surface area (TPSA) is 41.1 Å². The molecular weight excluding hydrogens is 212 g/mol. The van der Waals surface area contributed by atoms with Crippen LogP contribution < -0.4 is 10.6 Å². The summed E-state index contributed by atoms with van der Waals surface area (Å²) < 4.78 is 0. The Morgan fingerprint density at radius 3 is 2.65 bits per heavy atom. The second kappa shape index (κ2) is 5.21. The molecule has 2 rings (SSSR count). The SMILES string of the molecule is CC(=O)Nc1cc(NC2CCCC2)ccc1C. The number of carbonyl (C=O) groups is 1. The number of rotatable bonds is 3. The predicted molar refractivity (Wildman–Crippen MR) is 71.4 cm³/mol. The molecule has 0 bridgehead atoms. The first-order valence-electron chi connectivity index (χ1n) is 6.30. The van der Waals surface area contributed by atoms with E-state index in [0.29, 0.717) is 6.04 Å². The van der Waals surface area contributed by atoms with Crippen LogP contribution in [0.25, 0.3) is 0 Å². The lowest BCUT2D eigenvalue weighted by Crippen LogP contribution is -2.15. The molecule has 2 N–H and O–H groups in total. The standard InChI is InChI=1S/C14H20N2O/c1-10-7-8-13(9-14(10)15-11(2)17)16-12-5-3-4-6-12/h7-9,12,16H,3-6H2,1-2H3,(H,15,17). The summed E-state index contributed by atoms with van der Waals surface area (Å²) in [4.78, 5) is 11.1. The third-order valence-electron chi connectivity index (χ3n) is 3.27. The Hall–Kier alpha value is -1.51. The third kappa shape index (κ3) is 3.22. The maximum absolute atomic E-state index is 11.1. The molecule has 92 valence electrons. The van der Waals surface area contributed by atoms with Crippen molar-refractivity contribution in [1.29, 1.82) is 0 Å². The minimum atomic E-state index is -0.0221. The molecule has 1 fully saturated rings. The van der Waals surface area contributed by atoms with Crippen LogP contribution in [0.15, 0.2) is 18.2 Å². The number of hydrogen-bond acceptors (Lipinski definition) is 2. The van der Waals surface area contributed by atoms with Gasteiger partial charge in [-0.05, 0) is 37.5 Å². The summed E-state index contributed by atoms with van der Waals surface area (Å²) in [5.74, 6) is -0.0221. The van der Waals surface area contributed by atoms with Gasteiger partial charge < -0.3 is 10.6 Å². The Morgan fingerprint density at radius 2 is 2.00 bits per heavy atom. The summed E-state index contributed by atoms with van der Waals surface area (Å²) in [6.45, 7) is 3.54. The van der Waals surface area contributed by atoms with Crippen molar-refractivity contribution >= 4 is 17.3 Å². The number of nitrogens with one attached hydrogen (secondary N) is 2. The van der Waals surface area contributed by atoms with Gasteiger partial charge in [0.25, 0.3) is 0 Å². The van der Waals surface area contributed by atoms with Crippen molar-refractivity contribution in [2.45, 2.75) is 45.6 Å². The highest BCUT2D eigenvalue weighted by Gasteiger charge is 2.14. The molecule has 1 aliphatic carbocycles. The molecule has 17 heavy (non-hydrogen) atoms. The van der Waals surface area contributed by atoms with E-state index in [2.05, 4.69) is 16.7 Å². The second-order valence-corrected chi connectivity index (χ2v) is 4.84. The van der Waals surface area contributed by atoms with Crippen LogP contribution in [0.4, 0.5) is 11.4 Å². The average molecular weight is 232 g/mol. The molecule has 0 saturated heterocycles. The van der Waals surface area contributed by atoms with Crippen molar-refractivity contribution in [2.24, 2.45) is 0 Å². The zero-order valence-corrected chi connectivity index (χ0v) is 10.5. The van der Waals surface area contributed by atoms with Crippen molar-refractivity contribution in [3.8, 4) is 0 Å². The first-order valence-corrected chi connectivity index (χ1v) is 6.30. The summed E-state index contributed by atoms with van der Waals surface area (Å²) in [5.41, 5.74) is 3.10. The maximum Gasteiger partial charge on any atom is 0.221 e. The highest BCUT2D eigenvalue weighted by molar-refractivity contribution is 5.90. The zero-order chi connectivity index (χ0) is 12.3. The average Bonchev–Trinajstić information content (AvgIpc) is 2.75. The Morgan fingerprint density at radius 1 is 1.29 bits per heavy atom. The summed E-state index contributed by atoms with van der Waals surface area (Å²) in [7, 11) is 0. The number of carbonyl (C=O) groups excluding carboxylic acids is 1. The van der Waals surface area contributed by atoms with Gasteiger partial charge in [-0.15, -0.1) is 0 Å². The first kappa shape index (κ1) is 12.0. The minimum Gasteiger partial charge on any atom is -0.382 e. The first-order chi connectivity index (χ1) is 8.15. The molecule has 0 unspecified atom stereocenters. The smallest absolute Gasteiger partial charge is 0.221 e. The van der Waals surface area contributed by atoms with E-state index in [0.717, 1.165) is 16.9 Å². The van der Waals surface area contributed by atoms with Crippen molar-refractivity contribution in [3.63, 3.8) is 0 Å². The Bertz CT molecular complexity index is 409. The molecule has 1 aromatic carbocycles. The van der Waals surface area contributed by atoms with E-state index in [1.165, 1.54) is 32.6 Å². The number of hydrogen-bond donors (Lipinski definition) is 2. The molecule has 0 heterocycles. The van der Waals surface area contributed by atoms with Crippen LogP contribution in [0.3, 0.4) is 0 Å². The van der Waals surface area contributed by atoms with Crippen LogP contribution in [0.2, 0.25) is 0 Å². The van der Waals surface area contributed by atoms with E-state index in [-0.39, 0.29) is 5.91 Å². The Kier molecular flexibility index (Phi) is 3.67. The fraction of sp³-hybridized carbons (Fsp3) is 0.500. The molecule has 0 aromatic heterocycles. The maximum atomic E-state index is 11.1. The molecule has 0 aliphatic heterocycles.